The fraction of sp³-hybridized carbons (Fsp3) is 0.697. The lowest BCUT2D eigenvalue weighted by Crippen LogP contribution is -2.48. The van der Waals surface area contributed by atoms with E-state index in [1.807, 2.05) is 39.8 Å². The molecule has 0 spiro atoms. The minimum atomic E-state index is -0.860. The van der Waals surface area contributed by atoms with Crippen LogP contribution < -0.4 is 5.73 Å². The van der Waals surface area contributed by atoms with Crippen LogP contribution in [0.4, 0.5) is 4.79 Å². The number of hydrogen-bond donors (Lipinski definition) is 3. The number of amides is 1. The summed E-state index contributed by atoms with van der Waals surface area (Å²) in [5.74, 6) is -1.32. The summed E-state index contributed by atoms with van der Waals surface area (Å²) >= 11 is 0. The number of aliphatic hydroxyl groups excluding tert-OH is 2. The Hall–Kier alpha value is -2.42. The molecule has 232 valence electrons. The maximum absolute atomic E-state index is 12.2. The molecule has 1 saturated heterocycles. The van der Waals surface area contributed by atoms with E-state index in [9.17, 15) is 19.8 Å². The second-order valence-corrected chi connectivity index (χ2v) is 12.5. The predicted molar refractivity (Wildman–Crippen MR) is 161 cm³/mol. The lowest BCUT2D eigenvalue weighted by Gasteiger charge is -2.40. The summed E-state index contributed by atoms with van der Waals surface area (Å²) < 4.78 is 17.5. The Morgan fingerprint density at radius 2 is 1.85 bits per heavy atom. The van der Waals surface area contributed by atoms with Gasteiger partial charge in [-0.1, -0.05) is 90.2 Å². The van der Waals surface area contributed by atoms with Gasteiger partial charge in [-0.15, -0.1) is 0 Å². The molecule has 2 aliphatic heterocycles. The molecule has 0 aromatic heterocycles. The smallest absolute Gasteiger partial charge is 0.404 e. The molecule has 2 rings (SSSR count). The predicted octanol–water partition coefficient (Wildman–Crippen LogP) is 5.34. The second-order valence-electron chi connectivity index (χ2n) is 12.5. The van der Waals surface area contributed by atoms with Gasteiger partial charge < -0.3 is 30.2 Å². The third kappa shape index (κ3) is 9.55. The summed E-state index contributed by atoms with van der Waals surface area (Å²) in [4.78, 5) is 23.8. The molecule has 41 heavy (non-hydrogen) atoms. The molecule has 0 aliphatic carbocycles. The number of esters is 1. The number of primary amides is 1. The molecule has 0 aromatic carbocycles. The quantitative estimate of drug-likeness (QED) is 0.154. The van der Waals surface area contributed by atoms with Crippen molar-refractivity contribution in [2.24, 2.45) is 47.2 Å². The first-order valence-corrected chi connectivity index (χ1v) is 15.0. The first kappa shape index (κ1) is 34.8. The molecule has 0 aromatic rings. The number of rotatable bonds is 13. The molecular formula is C33H53NO7. The number of aliphatic hydroxyl groups is 2. The van der Waals surface area contributed by atoms with Crippen molar-refractivity contribution in [3.8, 4) is 0 Å². The first-order valence-electron chi connectivity index (χ1n) is 15.0. The minimum absolute atomic E-state index is 0.0663. The number of ether oxygens (including phenoxy) is 3. The Morgan fingerprint density at radius 3 is 2.46 bits per heavy atom. The fourth-order valence-electron chi connectivity index (χ4n) is 6.33. The zero-order valence-corrected chi connectivity index (χ0v) is 26.1. The number of hydrogen-bond acceptors (Lipinski definition) is 7. The highest BCUT2D eigenvalue weighted by molar-refractivity contribution is 5.73. The van der Waals surface area contributed by atoms with Gasteiger partial charge in [0.25, 0.3) is 0 Å². The Labute approximate surface area is 246 Å². The highest BCUT2D eigenvalue weighted by Crippen LogP contribution is 2.34. The van der Waals surface area contributed by atoms with Gasteiger partial charge >= 0.3 is 12.1 Å². The Bertz CT molecular complexity index is 975. The monoisotopic (exact) mass is 575 g/mol. The summed E-state index contributed by atoms with van der Waals surface area (Å²) in [6.45, 7) is 19.4. The van der Waals surface area contributed by atoms with Crippen molar-refractivity contribution in [3.63, 3.8) is 0 Å². The zero-order valence-electron chi connectivity index (χ0n) is 26.1. The van der Waals surface area contributed by atoms with Crippen LogP contribution in [0.25, 0.3) is 0 Å². The molecule has 8 nitrogen and oxygen atoms in total. The van der Waals surface area contributed by atoms with Gasteiger partial charge in [-0.05, 0) is 26.2 Å². The highest BCUT2D eigenvalue weighted by Gasteiger charge is 2.42. The van der Waals surface area contributed by atoms with E-state index < -0.39 is 36.4 Å². The van der Waals surface area contributed by atoms with E-state index in [1.54, 1.807) is 19.1 Å². The Morgan fingerprint density at radius 1 is 1.20 bits per heavy atom. The van der Waals surface area contributed by atoms with Gasteiger partial charge in [0.2, 0.25) is 0 Å². The summed E-state index contributed by atoms with van der Waals surface area (Å²) in [6, 6.07) is 0. The second kappa shape index (κ2) is 15.7. The number of carbonyl (C=O) groups is 2. The van der Waals surface area contributed by atoms with E-state index in [-0.39, 0.29) is 53.7 Å². The van der Waals surface area contributed by atoms with Crippen LogP contribution >= 0.6 is 0 Å². The van der Waals surface area contributed by atoms with Gasteiger partial charge in [-0.3, -0.25) is 4.79 Å². The molecule has 2 aliphatic rings. The molecule has 1 amide bonds. The lowest BCUT2D eigenvalue weighted by molar-refractivity contribution is -0.181. The van der Waals surface area contributed by atoms with Crippen LogP contribution in [-0.2, 0) is 19.0 Å². The minimum Gasteiger partial charge on any atom is -0.462 e. The van der Waals surface area contributed by atoms with E-state index in [0.717, 1.165) is 5.57 Å². The first-order chi connectivity index (χ1) is 19.2. The van der Waals surface area contributed by atoms with Crippen molar-refractivity contribution in [1.29, 1.82) is 0 Å². The number of allylic oxidation sites excluding steroid dienone is 3. The zero-order chi connectivity index (χ0) is 31.0. The summed E-state index contributed by atoms with van der Waals surface area (Å²) in [5.41, 5.74) is 6.47. The van der Waals surface area contributed by atoms with Crippen LogP contribution in [0.15, 0.2) is 48.6 Å². The van der Waals surface area contributed by atoms with Crippen molar-refractivity contribution in [2.45, 2.75) is 105 Å². The van der Waals surface area contributed by atoms with Crippen LogP contribution in [-0.4, -0.2) is 58.9 Å². The van der Waals surface area contributed by atoms with Crippen LogP contribution in [0.5, 0.6) is 0 Å². The van der Waals surface area contributed by atoms with Gasteiger partial charge in [0.05, 0.1) is 30.3 Å². The van der Waals surface area contributed by atoms with Crippen molar-refractivity contribution in [3.05, 3.63) is 48.6 Å². The van der Waals surface area contributed by atoms with Gasteiger partial charge in [0.15, 0.2) is 0 Å². The van der Waals surface area contributed by atoms with Crippen LogP contribution in [0.2, 0.25) is 0 Å². The molecule has 0 bridgehead atoms. The maximum Gasteiger partial charge on any atom is 0.404 e. The number of nitrogens with two attached hydrogens (primary N) is 1. The van der Waals surface area contributed by atoms with Crippen molar-refractivity contribution in [1.82, 2.24) is 0 Å². The van der Waals surface area contributed by atoms with Crippen LogP contribution in [0.1, 0.15) is 68.2 Å². The fourth-order valence-corrected chi connectivity index (χ4v) is 6.33. The van der Waals surface area contributed by atoms with Crippen LogP contribution in [0.3, 0.4) is 0 Å². The van der Waals surface area contributed by atoms with Gasteiger partial charge in [-0.2, -0.15) is 0 Å². The third-order valence-electron chi connectivity index (χ3n) is 8.89. The van der Waals surface area contributed by atoms with Crippen molar-refractivity contribution in [2.75, 3.05) is 0 Å². The normalized spacial score (nSPS) is 33.4. The highest BCUT2D eigenvalue weighted by atomic mass is 16.6. The summed E-state index contributed by atoms with van der Waals surface area (Å²) in [7, 11) is 0. The van der Waals surface area contributed by atoms with E-state index in [0.29, 0.717) is 12.8 Å². The topological polar surface area (TPSA) is 128 Å². The average molecular weight is 576 g/mol. The molecule has 1 fully saturated rings. The molecule has 4 N–H and O–H groups in total. The van der Waals surface area contributed by atoms with Crippen molar-refractivity contribution >= 4 is 12.1 Å². The van der Waals surface area contributed by atoms with Gasteiger partial charge in [-0.25, -0.2) is 4.79 Å². The van der Waals surface area contributed by atoms with E-state index in [2.05, 4.69) is 39.5 Å². The average Bonchev–Trinajstić information content (AvgIpc) is 2.91. The largest absolute Gasteiger partial charge is 0.462 e. The molecule has 0 saturated carbocycles. The third-order valence-corrected chi connectivity index (χ3v) is 8.89. The molecule has 8 heteroatoms. The summed E-state index contributed by atoms with van der Waals surface area (Å²) in [5, 5.41) is 21.6. The SMILES string of the molecule is C=C/C=C\[C@H](C)[C@H](OC(N)=O)[C@@H](C)[C@H](O)[C@@H](C)C/C(C)=C\[C@H](C)[C@H]1O[C@H](C[C@@H]2OC(=O)[C@H](C)[C@@H](O)[C@H]2C)C=C[C@@H]1C. The molecule has 2 heterocycles. The summed E-state index contributed by atoms with van der Waals surface area (Å²) in [6.07, 6.45) is 9.34. The number of cyclic esters (lactones) is 1. The van der Waals surface area contributed by atoms with Gasteiger partial charge in [0, 0.05) is 36.0 Å². The standard InChI is InChI=1S/C33H53NO7/c1-10-11-12-19(3)31(41-33(34)38)24(8)28(35)21(5)15-18(2)16-22(6)30-20(4)13-14-26(39-30)17-27-23(7)29(36)25(9)32(37)40-27/h10-14,16,19-31,35-36H,1,15,17H2,2-9H3,(H2,34,38)/b12-11-,18-16-/t19-,20-,21-,22-,23-,24-,25+,26-,27-,28+,29-,30-,31-/m0/s1. The Balaban J connectivity index is 2.03. The lowest BCUT2D eigenvalue weighted by atomic mass is 9.81. The molecule has 13 atom stereocenters. The molecule has 0 radical (unpaired) electrons. The van der Waals surface area contributed by atoms with Crippen molar-refractivity contribution < 1.29 is 34.0 Å². The number of carbonyl (C=O) groups excluding carboxylic acids is 2. The van der Waals surface area contributed by atoms with E-state index in [4.69, 9.17) is 19.9 Å². The van der Waals surface area contributed by atoms with Crippen LogP contribution in [0, 0.1) is 41.4 Å². The Kier molecular flexibility index (Phi) is 13.3. The molecule has 0 unspecified atom stereocenters. The maximum atomic E-state index is 12.2. The van der Waals surface area contributed by atoms with E-state index in [1.165, 1.54) is 0 Å². The van der Waals surface area contributed by atoms with E-state index >= 15 is 0 Å². The van der Waals surface area contributed by atoms with Gasteiger partial charge in [0.1, 0.15) is 12.2 Å². The molecular weight excluding hydrogens is 522 g/mol.